The number of hydrogen-bond acceptors (Lipinski definition) is 6. The number of nitrogens with zero attached hydrogens (tertiary/aromatic N) is 2. The molecule has 0 heterocycles. The van der Waals surface area contributed by atoms with Gasteiger partial charge in [-0.05, 0) is 33.1 Å². The lowest BCUT2D eigenvalue weighted by atomic mass is 10.2. The predicted octanol–water partition coefficient (Wildman–Crippen LogP) is 0.426. The summed E-state index contributed by atoms with van der Waals surface area (Å²) in [4.78, 5) is 42.8. The van der Waals surface area contributed by atoms with Gasteiger partial charge in [-0.2, -0.15) is 0 Å². The minimum absolute atomic E-state index is 0.265. The zero-order valence-corrected chi connectivity index (χ0v) is 16.8. The van der Waals surface area contributed by atoms with E-state index in [1.54, 1.807) is 20.8 Å². The van der Waals surface area contributed by atoms with Gasteiger partial charge in [0.25, 0.3) is 0 Å². The number of nitrogens with two attached hydrogens (primary N) is 1. The largest absolute Gasteiger partial charge is 0.465 e. The SMILES string of the molecule is CCCOC(=O)C(C)CN=C(C)C(N)=NCCCCNC(=O)C(=O)NCC. The lowest BCUT2D eigenvalue weighted by Gasteiger charge is -2.09. The summed E-state index contributed by atoms with van der Waals surface area (Å²) in [5, 5.41) is 4.97. The zero-order chi connectivity index (χ0) is 20.7. The second-order valence-electron chi connectivity index (χ2n) is 6.08. The highest BCUT2D eigenvalue weighted by molar-refractivity contribution is 6.40. The van der Waals surface area contributed by atoms with Crippen LogP contribution in [0.4, 0.5) is 0 Å². The molecule has 0 aliphatic rings. The van der Waals surface area contributed by atoms with Gasteiger partial charge >= 0.3 is 17.8 Å². The Morgan fingerprint density at radius 3 is 2.37 bits per heavy atom. The highest BCUT2D eigenvalue weighted by atomic mass is 16.5. The van der Waals surface area contributed by atoms with Crippen LogP contribution < -0.4 is 16.4 Å². The summed E-state index contributed by atoms with van der Waals surface area (Å²) < 4.78 is 5.07. The van der Waals surface area contributed by atoms with Crippen LogP contribution in [-0.4, -0.2) is 62.1 Å². The maximum absolute atomic E-state index is 11.7. The minimum atomic E-state index is -0.630. The molecule has 0 saturated carbocycles. The Morgan fingerprint density at radius 2 is 1.74 bits per heavy atom. The van der Waals surface area contributed by atoms with Crippen molar-refractivity contribution in [1.29, 1.82) is 0 Å². The molecular weight excluding hydrogens is 350 g/mol. The third-order valence-electron chi connectivity index (χ3n) is 3.52. The number of amides is 2. The number of aliphatic imine (C=N–C) groups is 2. The fourth-order valence-corrected chi connectivity index (χ4v) is 1.85. The van der Waals surface area contributed by atoms with Gasteiger partial charge in [0.05, 0.1) is 24.8 Å². The number of rotatable bonds is 12. The molecule has 0 aliphatic heterocycles. The number of hydrogen-bond donors (Lipinski definition) is 3. The number of esters is 1. The summed E-state index contributed by atoms with van der Waals surface area (Å²) in [6.07, 6.45) is 2.18. The van der Waals surface area contributed by atoms with E-state index in [9.17, 15) is 14.4 Å². The normalized spacial score (nSPS) is 13.0. The standard InChI is InChI=1S/C18H33N5O4/c1-5-11-27-18(26)13(3)12-23-14(4)15(19)21-9-7-8-10-22-17(25)16(24)20-6-2/h13H,5-12H2,1-4H3,(H2,19,21)(H,20,24)(H,22,25). The van der Waals surface area contributed by atoms with Crippen LogP contribution in [0.5, 0.6) is 0 Å². The van der Waals surface area contributed by atoms with Crippen LogP contribution in [0.2, 0.25) is 0 Å². The molecule has 0 aliphatic carbocycles. The molecule has 2 amide bonds. The van der Waals surface area contributed by atoms with E-state index in [0.29, 0.717) is 57.2 Å². The van der Waals surface area contributed by atoms with Gasteiger partial charge in [0, 0.05) is 19.6 Å². The Hall–Kier alpha value is -2.45. The maximum atomic E-state index is 11.7. The van der Waals surface area contributed by atoms with Crippen molar-refractivity contribution in [2.24, 2.45) is 21.6 Å². The van der Waals surface area contributed by atoms with Crippen molar-refractivity contribution < 1.29 is 19.1 Å². The highest BCUT2D eigenvalue weighted by Gasteiger charge is 2.14. The smallest absolute Gasteiger partial charge is 0.310 e. The summed E-state index contributed by atoms with van der Waals surface area (Å²) >= 11 is 0. The lowest BCUT2D eigenvalue weighted by Crippen LogP contribution is -2.40. The second-order valence-corrected chi connectivity index (χ2v) is 6.08. The Kier molecular flexibility index (Phi) is 13.4. The first-order valence-corrected chi connectivity index (χ1v) is 9.37. The van der Waals surface area contributed by atoms with Crippen LogP contribution in [0.25, 0.3) is 0 Å². The fraction of sp³-hybridized carbons (Fsp3) is 0.722. The summed E-state index contributed by atoms with van der Waals surface area (Å²) in [5.41, 5.74) is 6.45. The molecule has 0 saturated heterocycles. The third-order valence-corrected chi connectivity index (χ3v) is 3.52. The van der Waals surface area contributed by atoms with Crippen LogP contribution in [-0.2, 0) is 19.1 Å². The van der Waals surface area contributed by atoms with E-state index < -0.39 is 11.8 Å². The molecule has 0 aromatic carbocycles. The van der Waals surface area contributed by atoms with E-state index in [4.69, 9.17) is 10.5 Å². The first kappa shape index (κ1) is 24.6. The molecule has 154 valence electrons. The van der Waals surface area contributed by atoms with Crippen LogP contribution in [0, 0.1) is 5.92 Å². The molecule has 1 atom stereocenters. The molecule has 0 bridgehead atoms. The van der Waals surface area contributed by atoms with E-state index in [1.807, 2.05) is 6.92 Å². The summed E-state index contributed by atoms with van der Waals surface area (Å²) in [5.74, 6) is -1.52. The molecular formula is C18H33N5O4. The number of ether oxygens (including phenoxy) is 1. The van der Waals surface area contributed by atoms with Crippen molar-refractivity contribution in [2.75, 3.05) is 32.8 Å². The van der Waals surface area contributed by atoms with Crippen LogP contribution in [0.3, 0.4) is 0 Å². The van der Waals surface area contributed by atoms with E-state index in [-0.39, 0.29) is 11.9 Å². The average molecular weight is 383 g/mol. The predicted molar refractivity (Wildman–Crippen MR) is 106 cm³/mol. The Labute approximate surface area is 161 Å². The van der Waals surface area contributed by atoms with Crippen molar-refractivity contribution in [2.45, 2.75) is 47.0 Å². The molecule has 0 spiro atoms. The molecule has 9 heteroatoms. The monoisotopic (exact) mass is 383 g/mol. The van der Waals surface area contributed by atoms with Crippen LogP contribution >= 0.6 is 0 Å². The van der Waals surface area contributed by atoms with Crippen molar-refractivity contribution in [3.05, 3.63) is 0 Å². The van der Waals surface area contributed by atoms with E-state index in [1.165, 1.54) is 0 Å². The number of unbranched alkanes of at least 4 members (excludes halogenated alkanes) is 1. The number of nitrogens with one attached hydrogen (secondary N) is 2. The molecule has 9 nitrogen and oxygen atoms in total. The Bertz CT molecular complexity index is 546. The van der Waals surface area contributed by atoms with Crippen LogP contribution in [0.1, 0.15) is 47.0 Å². The summed E-state index contributed by atoms with van der Waals surface area (Å²) in [7, 11) is 0. The molecule has 4 N–H and O–H groups in total. The summed E-state index contributed by atoms with van der Waals surface area (Å²) in [6.45, 7) is 9.22. The van der Waals surface area contributed by atoms with Crippen molar-refractivity contribution in [3.8, 4) is 0 Å². The number of carbonyl (C=O) groups is 3. The molecule has 0 aromatic heterocycles. The van der Waals surface area contributed by atoms with Gasteiger partial charge in [-0.3, -0.25) is 24.4 Å². The second kappa shape index (κ2) is 14.7. The first-order valence-electron chi connectivity index (χ1n) is 9.37. The number of amidine groups is 1. The van der Waals surface area contributed by atoms with Gasteiger partial charge in [-0.25, -0.2) is 0 Å². The lowest BCUT2D eigenvalue weighted by molar-refractivity contribution is -0.147. The summed E-state index contributed by atoms with van der Waals surface area (Å²) in [6, 6.07) is 0. The van der Waals surface area contributed by atoms with Gasteiger partial charge in [0.2, 0.25) is 0 Å². The Balaban J connectivity index is 4.10. The zero-order valence-electron chi connectivity index (χ0n) is 16.8. The van der Waals surface area contributed by atoms with E-state index in [2.05, 4.69) is 20.6 Å². The van der Waals surface area contributed by atoms with Crippen molar-refractivity contribution in [3.63, 3.8) is 0 Å². The molecule has 0 rings (SSSR count). The van der Waals surface area contributed by atoms with Gasteiger partial charge < -0.3 is 21.1 Å². The van der Waals surface area contributed by atoms with E-state index in [0.717, 1.165) is 6.42 Å². The van der Waals surface area contributed by atoms with Crippen molar-refractivity contribution in [1.82, 2.24) is 10.6 Å². The van der Waals surface area contributed by atoms with Gasteiger partial charge in [-0.1, -0.05) is 13.8 Å². The average Bonchev–Trinajstić information content (AvgIpc) is 2.65. The molecule has 0 radical (unpaired) electrons. The molecule has 0 aromatic rings. The molecule has 27 heavy (non-hydrogen) atoms. The maximum Gasteiger partial charge on any atom is 0.310 e. The molecule has 0 fully saturated rings. The van der Waals surface area contributed by atoms with Crippen molar-refractivity contribution >= 4 is 29.3 Å². The van der Waals surface area contributed by atoms with Gasteiger partial charge in [0.1, 0.15) is 5.84 Å². The van der Waals surface area contributed by atoms with Crippen LogP contribution in [0.15, 0.2) is 9.98 Å². The number of carbonyl (C=O) groups excluding carboxylic acids is 3. The quantitative estimate of drug-likeness (QED) is 0.148. The third kappa shape index (κ3) is 11.7. The topological polar surface area (TPSA) is 135 Å². The number of likely N-dealkylation sites (N-methyl/N-ethyl adjacent to an activating group) is 1. The Morgan fingerprint density at radius 1 is 1.07 bits per heavy atom. The minimum Gasteiger partial charge on any atom is -0.465 e. The first-order chi connectivity index (χ1) is 12.8. The highest BCUT2D eigenvalue weighted by Crippen LogP contribution is 2.01. The fourth-order valence-electron chi connectivity index (χ4n) is 1.85. The molecule has 1 unspecified atom stereocenters. The van der Waals surface area contributed by atoms with Gasteiger partial charge in [0.15, 0.2) is 0 Å². The van der Waals surface area contributed by atoms with E-state index >= 15 is 0 Å². The van der Waals surface area contributed by atoms with Gasteiger partial charge in [-0.15, -0.1) is 0 Å².